The summed E-state index contributed by atoms with van der Waals surface area (Å²) in [6, 6.07) is 8.14. The zero-order valence-corrected chi connectivity index (χ0v) is 10.7. The SMILES string of the molecule is CCC.O=C(OCC(O)(O)CO)c1ccccc1. The summed E-state index contributed by atoms with van der Waals surface area (Å²) in [5.41, 5.74) is 0.311. The van der Waals surface area contributed by atoms with E-state index >= 15 is 0 Å². The number of esters is 1. The Kier molecular flexibility index (Phi) is 7.94. The first-order chi connectivity index (χ1) is 8.46. The molecule has 0 aliphatic heterocycles. The van der Waals surface area contributed by atoms with Crippen molar-refractivity contribution in [3.8, 4) is 0 Å². The molecular weight excluding hydrogens is 236 g/mol. The van der Waals surface area contributed by atoms with Crippen LogP contribution in [0.5, 0.6) is 0 Å². The molecule has 0 aliphatic rings. The van der Waals surface area contributed by atoms with Gasteiger partial charge in [-0.05, 0) is 12.1 Å². The van der Waals surface area contributed by atoms with Gasteiger partial charge in [-0.25, -0.2) is 4.79 Å². The maximum Gasteiger partial charge on any atom is 0.338 e. The summed E-state index contributed by atoms with van der Waals surface area (Å²) in [6.45, 7) is 2.69. The molecule has 1 aromatic carbocycles. The van der Waals surface area contributed by atoms with Crippen LogP contribution >= 0.6 is 0 Å². The highest BCUT2D eigenvalue weighted by atomic mass is 16.6. The van der Waals surface area contributed by atoms with Gasteiger partial charge < -0.3 is 20.1 Å². The second-order valence-electron chi connectivity index (χ2n) is 3.79. The predicted molar refractivity (Wildman–Crippen MR) is 66.9 cm³/mol. The minimum absolute atomic E-state index is 0.311. The van der Waals surface area contributed by atoms with Crippen LogP contribution in [0.15, 0.2) is 30.3 Å². The van der Waals surface area contributed by atoms with E-state index in [1.165, 1.54) is 18.6 Å². The van der Waals surface area contributed by atoms with E-state index in [9.17, 15) is 4.79 Å². The second kappa shape index (κ2) is 8.63. The van der Waals surface area contributed by atoms with E-state index in [1.54, 1.807) is 18.2 Å². The van der Waals surface area contributed by atoms with Crippen LogP contribution in [0.1, 0.15) is 30.6 Å². The zero-order chi connectivity index (χ0) is 14.0. The van der Waals surface area contributed by atoms with E-state index in [1.807, 2.05) is 0 Å². The molecule has 5 heteroatoms. The van der Waals surface area contributed by atoms with Gasteiger partial charge in [0.1, 0.15) is 13.2 Å². The molecule has 0 fully saturated rings. The molecule has 1 rings (SSSR count). The lowest BCUT2D eigenvalue weighted by Crippen LogP contribution is -2.39. The summed E-state index contributed by atoms with van der Waals surface area (Å²) in [6.07, 6.45) is 1.25. The molecule has 0 radical (unpaired) electrons. The highest BCUT2D eigenvalue weighted by Crippen LogP contribution is 2.04. The van der Waals surface area contributed by atoms with Crippen molar-refractivity contribution in [2.24, 2.45) is 0 Å². The zero-order valence-electron chi connectivity index (χ0n) is 10.7. The normalized spacial score (nSPS) is 10.3. The van der Waals surface area contributed by atoms with Crippen LogP contribution in [-0.2, 0) is 4.74 Å². The third-order valence-corrected chi connectivity index (χ3v) is 1.70. The maximum atomic E-state index is 11.3. The van der Waals surface area contributed by atoms with Gasteiger partial charge in [0.05, 0.1) is 5.56 Å². The molecule has 0 unspecified atom stereocenters. The van der Waals surface area contributed by atoms with Gasteiger partial charge in [-0.15, -0.1) is 0 Å². The van der Waals surface area contributed by atoms with Crippen LogP contribution in [0, 0.1) is 0 Å². The molecule has 0 bridgehead atoms. The number of aliphatic hydroxyl groups is 3. The van der Waals surface area contributed by atoms with Crippen LogP contribution in [0.25, 0.3) is 0 Å². The molecular formula is C13H20O5. The fraction of sp³-hybridized carbons (Fsp3) is 0.462. The number of hydrogen-bond acceptors (Lipinski definition) is 5. The molecule has 3 N–H and O–H groups in total. The Hall–Kier alpha value is -1.43. The molecule has 0 heterocycles. The molecule has 18 heavy (non-hydrogen) atoms. The van der Waals surface area contributed by atoms with Gasteiger partial charge in [0, 0.05) is 0 Å². The van der Waals surface area contributed by atoms with Crippen LogP contribution in [0.4, 0.5) is 0 Å². The molecule has 0 aliphatic carbocycles. The Bertz CT molecular complexity index is 334. The molecule has 1 aromatic rings. The third-order valence-electron chi connectivity index (χ3n) is 1.70. The van der Waals surface area contributed by atoms with E-state index in [0.717, 1.165) is 0 Å². The van der Waals surface area contributed by atoms with Gasteiger partial charge >= 0.3 is 5.97 Å². The molecule has 0 amide bonds. The number of benzene rings is 1. The summed E-state index contributed by atoms with van der Waals surface area (Å²) in [5, 5.41) is 26.4. The number of hydrogen-bond donors (Lipinski definition) is 3. The topological polar surface area (TPSA) is 87.0 Å². The van der Waals surface area contributed by atoms with Gasteiger partial charge in [-0.1, -0.05) is 38.5 Å². The molecule has 0 atom stereocenters. The third kappa shape index (κ3) is 7.01. The number of carbonyl (C=O) groups is 1. The monoisotopic (exact) mass is 256 g/mol. The summed E-state index contributed by atoms with van der Waals surface area (Å²) in [5.74, 6) is -3.05. The molecule has 102 valence electrons. The van der Waals surface area contributed by atoms with Crippen molar-refractivity contribution in [1.82, 2.24) is 0 Å². The number of carbonyl (C=O) groups excluding carboxylic acids is 1. The van der Waals surface area contributed by atoms with E-state index in [2.05, 4.69) is 18.6 Å². The van der Waals surface area contributed by atoms with Crippen molar-refractivity contribution in [2.45, 2.75) is 26.1 Å². The summed E-state index contributed by atoms with van der Waals surface area (Å²) >= 11 is 0. The average Bonchev–Trinajstić information content (AvgIpc) is 2.38. The van der Waals surface area contributed by atoms with Crippen molar-refractivity contribution in [2.75, 3.05) is 13.2 Å². The first-order valence-electron chi connectivity index (χ1n) is 5.74. The Morgan fingerprint density at radius 1 is 1.22 bits per heavy atom. The van der Waals surface area contributed by atoms with Crippen molar-refractivity contribution in [1.29, 1.82) is 0 Å². The molecule has 0 saturated carbocycles. The predicted octanol–water partition coefficient (Wildman–Crippen LogP) is 0.933. The molecule has 5 nitrogen and oxygen atoms in total. The Morgan fingerprint density at radius 3 is 2.17 bits per heavy atom. The lowest BCUT2D eigenvalue weighted by molar-refractivity contribution is -0.208. The second-order valence-corrected chi connectivity index (χ2v) is 3.79. The number of ether oxygens (including phenoxy) is 1. The van der Waals surface area contributed by atoms with Crippen molar-refractivity contribution in [3.05, 3.63) is 35.9 Å². The van der Waals surface area contributed by atoms with Gasteiger partial charge in [0.15, 0.2) is 0 Å². The van der Waals surface area contributed by atoms with Crippen LogP contribution in [0.3, 0.4) is 0 Å². The van der Waals surface area contributed by atoms with E-state index in [-0.39, 0.29) is 0 Å². The Balaban J connectivity index is 0.000000873. The van der Waals surface area contributed by atoms with Gasteiger partial charge in [-0.2, -0.15) is 0 Å². The standard InChI is InChI=1S/C10H12O5.C3H8/c11-6-10(13,14)7-15-9(12)8-4-2-1-3-5-8;1-3-2/h1-5,11,13-14H,6-7H2;3H2,1-2H3. The van der Waals surface area contributed by atoms with Crippen molar-refractivity contribution >= 4 is 5.97 Å². The number of rotatable bonds is 4. The lowest BCUT2D eigenvalue weighted by Gasteiger charge is -2.18. The summed E-state index contributed by atoms with van der Waals surface area (Å²) in [4.78, 5) is 11.3. The van der Waals surface area contributed by atoms with Gasteiger partial charge in [0.2, 0.25) is 5.79 Å². The maximum absolute atomic E-state index is 11.3. The minimum Gasteiger partial charge on any atom is -0.456 e. The summed E-state index contributed by atoms with van der Waals surface area (Å²) < 4.78 is 4.58. The fourth-order valence-corrected chi connectivity index (χ4v) is 0.884. The molecule has 0 aromatic heterocycles. The Morgan fingerprint density at radius 2 is 1.72 bits per heavy atom. The Labute approximate surface area is 107 Å². The highest BCUT2D eigenvalue weighted by Gasteiger charge is 2.24. The van der Waals surface area contributed by atoms with E-state index in [0.29, 0.717) is 5.56 Å². The van der Waals surface area contributed by atoms with Crippen LogP contribution < -0.4 is 0 Å². The van der Waals surface area contributed by atoms with Crippen molar-refractivity contribution < 1.29 is 24.9 Å². The highest BCUT2D eigenvalue weighted by molar-refractivity contribution is 5.89. The largest absolute Gasteiger partial charge is 0.456 e. The minimum atomic E-state index is -2.38. The first-order valence-corrected chi connectivity index (χ1v) is 5.74. The summed E-state index contributed by atoms with van der Waals surface area (Å²) in [7, 11) is 0. The lowest BCUT2D eigenvalue weighted by atomic mass is 10.2. The first kappa shape index (κ1) is 16.6. The van der Waals surface area contributed by atoms with Gasteiger partial charge in [0.25, 0.3) is 0 Å². The molecule has 0 saturated heterocycles. The smallest absolute Gasteiger partial charge is 0.338 e. The quantitative estimate of drug-likeness (QED) is 0.551. The number of aliphatic hydroxyl groups excluding tert-OH is 1. The van der Waals surface area contributed by atoms with E-state index in [4.69, 9.17) is 15.3 Å². The van der Waals surface area contributed by atoms with Crippen molar-refractivity contribution in [3.63, 3.8) is 0 Å². The average molecular weight is 256 g/mol. The van der Waals surface area contributed by atoms with Gasteiger partial charge in [-0.3, -0.25) is 0 Å². The molecule has 0 spiro atoms. The van der Waals surface area contributed by atoms with Crippen LogP contribution in [-0.4, -0.2) is 40.3 Å². The fourth-order valence-electron chi connectivity index (χ4n) is 0.884. The van der Waals surface area contributed by atoms with E-state index < -0.39 is 25.0 Å². The van der Waals surface area contributed by atoms with Crippen LogP contribution in [0.2, 0.25) is 0 Å².